The average Bonchev–Trinajstić information content (AvgIpc) is 2.99. The molecule has 0 bridgehead atoms. The highest BCUT2D eigenvalue weighted by Crippen LogP contribution is 2.55. The number of rotatable bonds is 2. The number of fused-ring (bicyclic) bond motifs is 4. The third-order valence-electron chi connectivity index (χ3n) is 7.09. The number of ether oxygens (including phenoxy) is 2. The summed E-state index contributed by atoms with van der Waals surface area (Å²) in [5.41, 5.74) is 2.76. The lowest BCUT2D eigenvalue weighted by Crippen LogP contribution is -2.58. The Morgan fingerprint density at radius 2 is 1.60 bits per heavy atom. The first-order valence-electron chi connectivity index (χ1n) is 10.7. The summed E-state index contributed by atoms with van der Waals surface area (Å²) < 4.78 is 13.3. The monoisotopic (exact) mass is 410 g/mol. The van der Waals surface area contributed by atoms with Crippen molar-refractivity contribution in [2.24, 2.45) is 0 Å². The molecule has 2 aromatic rings. The van der Waals surface area contributed by atoms with Crippen molar-refractivity contribution in [1.82, 2.24) is 9.80 Å². The van der Waals surface area contributed by atoms with Crippen LogP contribution >= 0.6 is 0 Å². The molecule has 0 aromatic heterocycles. The maximum atomic E-state index is 10.5. The van der Waals surface area contributed by atoms with Gasteiger partial charge in [0.25, 0.3) is 0 Å². The van der Waals surface area contributed by atoms with Crippen LogP contribution in [0.5, 0.6) is 23.0 Å². The number of phenolic OH excluding ortho intramolecular Hbond substituents is 2. The standard InChI is InChI=1S/C24H30N2O4/c1-14-9-21-17(11-19(14)27)16(3)23-24(30-21,13-26-7-5-25(4)6-8-26)18-12-20(28)15(2)10-22(18)29-23/h9-12,16,23,27-28H,5-8,13H2,1-4H3/t16-,23-,24-/m1/s1. The van der Waals surface area contributed by atoms with E-state index in [4.69, 9.17) is 9.47 Å². The van der Waals surface area contributed by atoms with Gasteiger partial charge in [-0.1, -0.05) is 6.92 Å². The molecule has 0 saturated carbocycles. The molecule has 6 heteroatoms. The van der Waals surface area contributed by atoms with Crippen LogP contribution in [0.25, 0.3) is 0 Å². The molecule has 5 rings (SSSR count). The van der Waals surface area contributed by atoms with E-state index < -0.39 is 5.60 Å². The van der Waals surface area contributed by atoms with Crippen molar-refractivity contribution in [3.8, 4) is 23.0 Å². The molecular formula is C24H30N2O4. The molecule has 1 saturated heterocycles. The molecule has 3 atom stereocenters. The van der Waals surface area contributed by atoms with Crippen LogP contribution in [0.15, 0.2) is 24.3 Å². The Morgan fingerprint density at radius 3 is 2.30 bits per heavy atom. The third kappa shape index (κ3) is 2.85. The second kappa shape index (κ2) is 6.79. The first kappa shape index (κ1) is 19.5. The van der Waals surface area contributed by atoms with Gasteiger partial charge < -0.3 is 24.6 Å². The maximum absolute atomic E-state index is 10.5. The molecule has 3 aliphatic rings. The molecule has 0 aliphatic carbocycles. The zero-order chi connectivity index (χ0) is 21.2. The van der Waals surface area contributed by atoms with Crippen LogP contribution in [-0.4, -0.2) is 65.9 Å². The summed E-state index contributed by atoms with van der Waals surface area (Å²) in [5.74, 6) is 2.15. The Hall–Kier alpha value is -2.44. The molecule has 2 N–H and O–H groups in total. The molecule has 6 nitrogen and oxygen atoms in total. The highest BCUT2D eigenvalue weighted by atomic mass is 16.6. The van der Waals surface area contributed by atoms with Gasteiger partial charge in [-0.2, -0.15) is 0 Å². The van der Waals surface area contributed by atoms with E-state index in [1.165, 1.54) is 0 Å². The molecule has 0 spiro atoms. The van der Waals surface area contributed by atoms with Crippen LogP contribution in [0.4, 0.5) is 0 Å². The Morgan fingerprint density at radius 1 is 0.967 bits per heavy atom. The van der Waals surface area contributed by atoms with E-state index in [1.807, 2.05) is 38.1 Å². The van der Waals surface area contributed by atoms with Gasteiger partial charge >= 0.3 is 0 Å². The zero-order valence-corrected chi connectivity index (χ0v) is 18.1. The summed E-state index contributed by atoms with van der Waals surface area (Å²) >= 11 is 0. The zero-order valence-electron chi connectivity index (χ0n) is 18.1. The van der Waals surface area contributed by atoms with Crippen LogP contribution < -0.4 is 9.47 Å². The van der Waals surface area contributed by atoms with E-state index in [2.05, 4.69) is 23.8 Å². The highest BCUT2D eigenvalue weighted by Gasteiger charge is 2.58. The second-order valence-electron chi connectivity index (χ2n) is 9.21. The van der Waals surface area contributed by atoms with Gasteiger partial charge in [-0.05, 0) is 56.3 Å². The number of benzene rings is 2. The van der Waals surface area contributed by atoms with Gasteiger partial charge in [0, 0.05) is 49.8 Å². The van der Waals surface area contributed by atoms with Gasteiger partial charge in [0.05, 0.1) is 0 Å². The molecule has 0 radical (unpaired) electrons. The number of nitrogens with zero attached hydrogens (tertiary/aromatic N) is 2. The smallest absolute Gasteiger partial charge is 0.187 e. The van der Waals surface area contributed by atoms with Crippen LogP contribution in [-0.2, 0) is 5.60 Å². The summed E-state index contributed by atoms with van der Waals surface area (Å²) in [6.07, 6.45) is -0.233. The SMILES string of the molecule is Cc1cc2c(cc1O)[C@@H](C)[C@H]1Oc3cc(C)c(O)cc3[C@@]1(CN1CCN(C)CC1)O2. The van der Waals surface area contributed by atoms with Gasteiger partial charge in [0.2, 0.25) is 0 Å². The molecule has 0 unspecified atom stereocenters. The summed E-state index contributed by atoms with van der Waals surface area (Å²) in [7, 11) is 2.15. The lowest BCUT2D eigenvalue weighted by Gasteiger charge is -2.46. The van der Waals surface area contributed by atoms with E-state index in [0.717, 1.165) is 59.9 Å². The number of hydrogen-bond donors (Lipinski definition) is 2. The lowest BCUT2D eigenvalue weighted by atomic mass is 9.77. The molecule has 2 aromatic carbocycles. The van der Waals surface area contributed by atoms with Crippen molar-refractivity contribution in [3.05, 3.63) is 46.5 Å². The van der Waals surface area contributed by atoms with Gasteiger partial charge in [-0.25, -0.2) is 0 Å². The second-order valence-corrected chi connectivity index (χ2v) is 9.21. The highest BCUT2D eigenvalue weighted by molar-refractivity contribution is 5.57. The summed E-state index contributed by atoms with van der Waals surface area (Å²) in [6.45, 7) is 10.6. The topological polar surface area (TPSA) is 65.4 Å². The van der Waals surface area contributed by atoms with E-state index in [1.54, 1.807) is 0 Å². The number of likely N-dealkylation sites (N-methyl/N-ethyl adjacent to an activating group) is 1. The van der Waals surface area contributed by atoms with Crippen molar-refractivity contribution in [2.45, 2.75) is 38.4 Å². The first-order chi connectivity index (χ1) is 14.3. The fourth-order valence-corrected chi connectivity index (χ4v) is 5.14. The maximum Gasteiger partial charge on any atom is 0.187 e. The fraction of sp³-hybridized carbons (Fsp3) is 0.500. The summed E-state index contributed by atoms with van der Waals surface area (Å²) in [5, 5.41) is 20.8. The van der Waals surface area contributed by atoms with Crippen molar-refractivity contribution in [1.29, 1.82) is 0 Å². The molecule has 160 valence electrons. The summed E-state index contributed by atoms with van der Waals surface area (Å²) in [4.78, 5) is 4.78. The Balaban J connectivity index is 1.63. The van der Waals surface area contributed by atoms with Crippen molar-refractivity contribution >= 4 is 0 Å². The quantitative estimate of drug-likeness (QED) is 0.793. The largest absolute Gasteiger partial charge is 0.508 e. The Bertz CT molecular complexity index is 999. The minimum Gasteiger partial charge on any atom is -0.508 e. The van der Waals surface area contributed by atoms with Crippen molar-refractivity contribution in [2.75, 3.05) is 39.8 Å². The average molecular weight is 411 g/mol. The van der Waals surface area contributed by atoms with E-state index in [0.29, 0.717) is 6.54 Å². The van der Waals surface area contributed by atoms with E-state index in [9.17, 15) is 10.2 Å². The van der Waals surface area contributed by atoms with Gasteiger partial charge in [0.15, 0.2) is 11.7 Å². The summed E-state index contributed by atoms with van der Waals surface area (Å²) in [6, 6.07) is 7.48. The third-order valence-corrected chi connectivity index (χ3v) is 7.09. The molecule has 3 aliphatic heterocycles. The van der Waals surface area contributed by atoms with Gasteiger partial charge in [-0.15, -0.1) is 0 Å². The molecule has 0 amide bonds. The first-order valence-corrected chi connectivity index (χ1v) is 10.7. The van der Waals surface area contributed by atoms with Crippen molar-refractivity contribution in [3.63, 3.8) is 0 Å². The van der Waals surface area contributed by atoms with Crippen LogP contribution in [0.1, 0.15) is 35.1 Å². The molecular weight excluding hydrogens is 380 g/mol. The number of aromatic hydroxyl groups is 2. The van der Waals surface area contributed by atoms with E-state index in [-0.39, 0.29) is 23.5 Å². The fourth-order valence-electron chi connectivity index (χ4n) is 5.14. The van der Waals surface area contributed by atoms with Crippen molar-refractivity contribution < 1.29 is 19.7 Å². The van der Waals surface area contributed by atoms with Crippen LogP contribution in [0.3, 0.4) is 0 Å². The van der Waals surface area contributed by atoms with Crippen LogP contribution in [0.2, 0.25) is 0 Å². The molecule has 1 fully saturated rings. The Labute approximate surface area is 177 Å². The normalized spacial score (nSPS) is 28.3. The predicted molar refractivity (Wildman–Crippen MR) is 115 cm³/mol. The van der Waals surface area contributed by atoms with Gasteiger partial charge in [0.1, 0.15) is 23.0 Å². The lowest BCUT2D eigenvalue weighted by molar-refractivity contribution is -0.0698. The van der Waals surface area contributed by atoms with Gasteiger partial charge in [-0.3, -0.25) is 4.90 Å². The minimum absolute atomic E-state index is 0.0302. The van der Waals surface area contributed by atoms with Crippen LogP contribution in [0, 0.1) is 13.8 Å². The number of piperazine rings is 1. The number of hydrogen-bond acceptors (Lipinski definition) is 6. The Kier molecular flexibility index (Phi) is 4.42. The predicted octanol–water partition coefficient (Wildman–Crippen LogP) is 3.11. The minimum atomic E-state index is -0.702. The van der Waals surface area contributed by atoms with E-state index >= 15 is 0 Å². The molecule has 30 heavy (non-hydrogen) atoms. The number of phenols is 2. The number of aryl methyl sites for hydroxylation is 2. The molecule has 3 heterocycles.